The SMILES string of the molecule is Cc1ccc(-c2cc(C(=O)N3CCCC[C@H]3c3nnc(C4CCOCC4)o3)n[nH]2)o1. The lowest BCUT2D eigenvalue weighted by Gasteiger charge is -2.33. The van der Waals surface area contributed by atoms with Crippen LogP contribution in [0.25, 0.3) is 11.5 Å². The lowest BCUT2D eigenvalue weighted by molar-refractivity contribution is 0.0555. The van der Waals surface area contributed by atoms with Crippen molar-refractivity contribution in [3.8, 4) is 11.5 Å². The first-order valence-electron chi connectivity index (χ1n) is 10.5. The standard InChI is InChI=1S/C21H25N5O4/c1-13-5-6-18(29-13)15-12-16(23-22-15)21(27)26-9-3-2-4-17(26)20-25-24-19(30-20)14-7-10-28-11-8-14/h5-6,12,14,17H,2-4,7-11H2,1H3,(H,22,23)/t17-/m0/s1. The normalized spacial score (nSPS) is 20.6. The highest BCUT2D eigenvalue weighted by Gasteiger charge is 2.34. The lowest BCUT2D eigenvalue weighted by Crippen LogP contribution is -2.38. The van der Waals surface area contributed by atoms with Gasteiger partial charge in [0.25, 0.3) is 5.91 Å². The minimum absolute atomic E-state index is 0.142. The van der Waals surface area contributed by atoms with Crippen LogP contribution < -0.4 is 0 Å². The molecular weight excluding hydrogens is 386 g/mol. The molecule has 2 fully saturated rings. The summed E-state index contributed by atoms with van der Waals surface area (Å²) in [6, 6.07) is 5.24. The summed E-state index contributed by atoms with van der Waals surface area (Å²) in [4.78, 5) is 15.1. The molecule has 9 heteroatoms. The number of aromatic amines is 1. The molecule has 3 aromatic heterocycles. The van der Waals surface area contributed by atoms with Crippen molar-refractivity contribution in [2.24, 2.45) is 0 Å². The highest BCUT2D eigenvalue weighted by Crippen LogP contribution is 2.34. The number of aryl methyl sites for hydroxylation is 1. The summed E-state index contributed by atoms with van der Waals surface area (Å²) >= 11 is 0. The number of furan rings is 1. The molecule has 9 nitrogen and oxygen atoms in total. The fourth-order valence-electron chi connectivity index (χ4n) is 4.21. The summed E-state index contributed by atoms with van der Waals surface area (Å²) in [5.41, 5.74) is 1.04. The van der Waals surface area contributed by atoms with Gasteiger partial charge in [0.1, 0.15) is 17.5 Å². The number of rotatable bonds is 4. The van der Waals surface area contributed by atoms with Crippen molar-refractivity contribution in [2.45, 2.75) is 51.0 Å². The van der Waals surface area contributed by atoms with Crippen molar-refractivity contribution in [1.29, 1.82) is 0 Å². The molecule has 2 aliphatic heterocycles. The molecule has 3 aromatic rings. The highest BCUT2D eigenvalue weighted by atomic mass is 16.5. The van der Waals surface area contributed by atoms with Crippen molar-refractivity contribution < 1.29 is 18.4 Å². The second kappa shape index (κ2) is 8.06. The maximum atomic E-state index is 13.2. The number of carbonyl (C=O) groups is 1. The van der Waals surface area contributed by atoms with Gasteiger partial charge in [0, 0.05) is 31.7 Å². The first kappa shape index (κ1) is 19.0. The van der Waals surface area contributed by atoms with E-state index in [2.05, 4.69) is 20.4 Å². The van der Waals surface area contributed by atoms with Crippen molar-refractivity contribution in [3.63, 3.8) is 0 Å². The summed E-state index contributed by atoms with van der Waals surface area (Å²) in [6.45, 7) is 3.95. The van der Waals surface area contributed by atoms with E-state index >= 15 is 0 Å². The number of piperidine rings is 1. The first-order chi connectivity index (χ1) is 14.7. The van der Waals surface area contributed by atoms with Crippen LogP contribution in [0.1, 0.15) is 72.1 Å². The average Bonchev–Trinajstić information content (AvgIpc) is 3.54. The average molecular weight is 411 g/mol. The van der Waals surface area contributed by atoms with E-state index in [1.165, 1.54) is 0 Å². The maximum Gasteiger partial charge on any atom is 0.275 e. The molecule has 5 rings (SSSR count). The van der Waals surface area contributed by atoms with Gasteiger partial charge in [0.15, 0.2) is 11.5 Å². The number of nitrogens with one attached hydrogen (secondary N) is 1. The summed E-state index contributed by atoms with van der Waals surface area (Å²) in [5, 5.41) is 15.7. The zero-order valence-electron chi connectivity index (χ0n) is 17.0. The van der Waals surface area contributed by atoms with E-state index in [1.54, 1.807) is 11.0 Å². The molecule has 1 atom stereocenters. The van der Waals surface area contributed by atoms with E-state index in [9.17, 15) is 4.79 Å². The van der Waals surface area contributed by atoms with Crippen LogP contribution in [-0.2, 0) is 4.74 Å². The fraction of sp³-hybridized carbons (Fsp3) is 0.524. The Morgan fingerprint density at radius 2 is 1.93 bits per heavy atom. The van der Waals surface area contributed by atoms with E-state index in [1.807, 2.05) is 19.1 Å². The zero-order chi connectivity index (χ0) is 20.5. The van der Waals surface area contributed by atoms with Gasteiger partial charge < -0.3 is 18.5 Å². The van der Waals surface area contributed by atoms with Gasteiger partial charge in [-0.25, -0.2) is 0 Å². The second-order valence-corrected chi connectivity index (χ2v) is 7.95. The molecule has 2 saturated heterocycles. The smallest absolute Gasteiger partial charge is 0.275 e. The van der Waals surface area contributed by atoms with Crippen LogP contribution in [0, 0.1) is 6.92 Å². The molecule has 0 bridgehead atoms. The Bertz CT molecular complexity index is 1020. The third-order valence-corrected chi connectivity index (χ3v) is 5.88. The van der Waals surface area contributed by atoms with Gasteiger partial charge in [-0.05, 0) is 51.2 Å². The van der Waals surface area contributed by atoms with Gasteiger partial charge in [0.05, 0.1) is 0 Å². The van der Waals surface area contributed by atoms with Crippen LogP contribution in [0.15, 0.2) is 27.0 Å². The Morgan fingerprint density at radius 3 is 2.73 bits per heavy atom. The molecular formula is C21H25N5O4. The number of likely N-dealkylation sites (tertiary alicyclic amines) is 1. The largest absolute Gasteiger partial charge is 0.460 e. The first-order valence-corrected chi connectivity index (χ1v) is 10.5. The quantitative estimate of drug-likeness (QED) is 0.698. The minimum atomic E-state index is -0.224. The van der Waals surface area contributed by atoms with Gasteiger partial charge in [-0.15, -0.1) is 10.2 Å². The van der Waals surface area contributed by atoms with Crippen LogP contribution in [0.4, 0.5) is 0 Å². The zero-order valence-corrected chi connectivity index (χ0v) is 17.0. The molecule has 0 spiro atoms. The number of hydrogen-bond donors (Lipinski definition) is 1. The molecule has 30 heavy (non-hydrogen) atoms. The number of aromatic nitrogens is 4. The summed E-state index contributed by atoms with van der Waals surface area (Å²) < 4.78 is 17.1. The van der Waals surface area contributed by atoms with Crippen molar-refractivity contribution in [3.05, 3.63) is 41.4 Å². The number of hydrogen-bond acceptors (Lipinski definition) is 7. The highest BCUT2D eigenvalue weighted by molar-refractivity contribution is 5.93. The van der Waals surface area contributed by atoms with Crippen LogP contribution in [0.5, 0.6) is 0 Å². The summed E-state index contributed by atoms with van der Waals surface area (Å²) in [5.74, 6) is 2.73. The molecule has 0 saturated carbocycles. The van der Waals surface area contributed by atoms with E-state index in [0.29, 0.717) is 48.7 Å². The number of carbonyl (C=O) groups excluding carboxylic acids is 1. The minimum Gasteiger partial charge on any atom is -0.460 e. The van der Waals surface area contributed by atoms with E-state index in [-0.39, 0.29) is 17.9 Å². The molecule has 0 unspecified atom stereocenters. The van der Waals surface area contributed by atoms with Crippen LogP contribution in [0.3, 0.4) is 0 Å². The third-order valence-electron chi connectivity index (χ3n) is 5.88. The second-order valence-electron chi connectivity index (χ2n) is 7.95. The Morgan fingerprint density at radius 1 is 1.10 bits per heavy atom. The van der Waals surface area contributed by atoms with Crippen LogP contribution in [0.2, 0.25) is 0 Å². The Hall–Kier alpha value is -2.94. The third kappa shape index (κ3) is 3.65. The number of ether oxygens (including phenoxy) is 1. The van der Waals surface area contributed by atoms with Crippen LogP contribution >= 0.6 is 0 Å². The van der Waals surface area contributed by atoms with Gasteiger partial charge in [-0.1, -0.05) is 0 Å². The molecule has 5 heterocycles. The van der Waals surface area contributed by atoms with E-state index in [0.717, 1.165) is 37.9 Å². The van der Waals surface area contributed by atoms with Gasteiger partial charge in [-0.2, -0.15) is 5.10 Å². The van der Waals surface area contributed by atoms with E-state index in [4.69, 9.17) is 13.6 Å². The molecule has 0 aromatic carbocycles. The van der Waals surface area contributed by atoms with Crippen LogP contribution in [-0.4, -0.2) is 51.0 Å². The number of amides is 1. The summed E-state index contributed by atoms with van der Waals surface area (Å²) in [6.07, 6.45) is 4.53. The molecule has 2 aliphatic rings. The number of H-pyrrole nitrogens is 1. The van der Waals surface area contributed by atoms with E-state index < -0.39 is 0 Å². The van der Waals surface area contributed by atoms with Crippen molar-refractivity contribution in [2.75, 3.05) is 19.8 Å². The van der Waals surface area contributed by atoms with Gasteiger partial charge in [0.2, 0.25) is 11.8 Å². The molecule has 1 amide bonds. The molecule has 1 N–H and O–H groups in total. The number of nitrogens with zero attached hydrogens (tertiary/aromatic N) is 4. The Balaban J connectivity index is 1.36. The maximum absolute atomic E-state index is 13.2. The molecule has 0 radical (unpaired) electrons. The predicted molar refractivity (Wildman–Crippen MR) is 106 cm³/mol. The lowest BCUT2D eigenvalue weighted by atomic mass is 10.0. The Kier molecular flexibility index (Phi) is 5.12. The molecule has 158 valence electrons. The molecule has 0 aliphatic carbocycles. The fourth-order valence-corrected chi connectivity index (χ4v) is 4.21. The van der Waals surface area contributed by atoms with Gasteiger partial charge >= 0.3 is 0 Å². The van der Waals surface area contributed by atoms with Crippen molar-refractivity contribution >= 4 is 5.91 Å². The van der Waals surface area contributed by atoms with Crippen molar-refractivity contribution in [1.82, 2.24) is 25.3 Å². The topological polar surface area (TPSA) is 110 Å². The predicted octanol–water partition coefficient (Wildman–Crippen LogP) is 3.62. The summed E-state index contributed by atoms with van der Waals surface area (Å²) in [7, 11) is 0. The monoisotopic (exact) mass is 411 g/mol. The Labute approximate surface area is 173 Å². The van der Waals surface area contributed by atoms with Gasteiger partial charge in [-0.3, -0.25) is 9.89 Å².